The monoisotopic (exact) mass is 392 g/mol. The molecule has 0 fully saturated rings. The van der Waals surface area contributed by atoms with Crippen LogP contribution in [0.1, 0.15) is 123 Å². The van der Waals surface area contributed by atoms with Gasteiger partial charge in [0, 0.05) is 0 Å². The number of hydrogen-bond donors (Lipinski definition) is 2. The fourth-order valence-corrected chi connectivity index (χ4v) is 4.41. The molecule has 0 aromatic carbocycles. The van der Waals surface area contributed by atoms with Gasteiger partial charge in [-0.05, 0) is 32.1 Å². The molecule has 5 heteroatoms. The third-order valence-corrected chi connectivity index (χ3v) is 6.57. The van der Waals surface area contributed by atoms with E-state index in [9.17, 15) is 18.1 Å². The standard InChI is InChI=1S/C21H44O4S/c1-3-5-7-9-10-11-12-13-16-20(22)17-15-19-21(26(23,24)25)18-14-8-6-4-2/h20-22H,3-19H2,1-2H3,(H,23,24,25). The minimum absolute atomic E-state index is 0.336. The predicted octanol–water partition coefficient (Wildman–Crippen LogP) is 6.28. The highest BCUT2D eigenvalue weighted by Gasteiger charge is 2.22. The Morgan fingerprint density at radius 2 is 1.00 bits per heavy atom. The lowest BCUT2D eigenvalue weighted by molar-refractivity contribution is 0.147. The molecule has 0 amide bonds. The molecule has 0 heterocycles. The molecule has 0 aromatic heterocycles. The molecule has 0 aliphatic carbocycles. The Morgan fingerprint density at radius 1 is 0.615 bits per heavy atom. The Morgan fingerprint density at radius 3 is 1.54 bits per heavy atom. The van der Waals surface area contributed by atoms with Crippen LogP contribution in [-0.4, -0.2) is 29.4 Å². The van der Waals surface area contributed by atoms with Gasteiger partial charge in [0.1, 0.15) is 0 Å². The van der Waals surface area contributed by atoms with Crippen molar-refractivity contribution in [2.24, 2.45) is 0 Å². The average molecular weight is 393 g/mol. The van der Waals surface area contributed by atoms with E-state index in [1.54, 1.807) is 0 Å². The van der Waals surface area contributed by atoms with Crippen molar-refractivity contribution in [1.29, 1.82) is 0 Å². The van der Waals surface area contributed by atoms with Gasteiger partial charge in [0.2, 0.25) is 0 Å². The van der Waals surface area contributed by atoms with Crippen LogP contribution in [0.15, 0.2) is 0 Å². The van der Waals surface area contributed by atoms with Crippen molar-refractivity contribution in [2.45, 2.75) is 134 Å². The third-order valence-electron chi connectivity index (χ3n) is 5.26. The molecule has 26 heavy (non-hydrogen) atoms. The second-order valence-electron chi connectivity index (χ2n) is 7.83. The summed E-state index contributed by atoms with van der Waals surface area (Å²) in [7, 11) is -3.97. The van der Waals surface area contributed by atoms with E-state index >= 15 is 0 Å². The summed E-state index contributed by atoms with van der Waals surface area (Å²) in [6, 6.07) is 0. The minimum Gasteiger partial charge on any atom is -0.393 e. The molecule has 2 atom stereocenters. The van der Waals surface area contributed by atoms with Crippen molar-refractivity contribution < 1.29 is 18.1 Å². The average Bonchev–Trinajstić information content (AvgIpc) is 2.58. The maximum atomic E-state index is 11.5. The van der Waals surface area contributed by atoms with Crippen LogP contribution in [0.4, 0.5) is 0 Å². The van der Waals surface area contributed by atoms with Crippen molar-refractivity contribution in [3.63, 3.8) is 0 Å². The molecule has 0 bridgehead atoms. The summed E-state index contributed by atoms with van der Waals surface area (Å²) in [6.45, 7) is 4.35. The van der Waals surface area contributed by atoms with Gasteiger partial charge >= 0.3 is 0 Å². The molecule has 2 unspecified atom stereocenters. The van der Waals surface area contributed by atoms with E-state index < -0.39 is 15.4 Å². The van der Waals surface area contributed by atoms with Crippen LogP contribution >= 0.6 is 0 Å². The third kappa shape index (κ3) is 16.1. The molecular weight excluding hydrogens is 348 g/mol. The van der Waals surface area contributed by atoms with Gasteiger partial charge in [-0.1, -0.05) is 90.9 Å². The summed E-state index contributed by atoms with van der Waals surface area (Å²) in [6.07, 6.45) is 16.9. The van der Waals surface area contributed by atoms with Crippen LogP contribution in [0.2, 0.25) is 0 Å². The Labute approximate surface area is 162 Å². The fourth-order valence-electron chi connectivity index (χ4n) is 3.48. The van der Waals surface area contributed by atoms with E-state index in [1.807, 2.05) is 0 Å². The molecule has 4 nitrogen and oxygen atoms in total. The zero-order chi connectivity index (χ0) is 19.7. The van der Waals surface area contributed by atoms with Gasteiger partial charge in [-0.3, -0.25) is 4.55 Å². The largest absolute Gasteiger partial charge is 0.393 e. The Bertz CT molecular complexity index is 395. The number of rotatable bonds is 19. The summed E-state index contributed by atoms with van der Waals surface area (Å²) >= 11 is 0. The lowest BCUT2D eigenvalue weighted by atomic mass is 10.0. The topological polar surface area (TPSA) is 74.6 Å². The first-order valence-electron chi connectivity index (χ1n) is 11.1. The second kappa shape index (κ2) is 17.0. The highest BCUT2D eigenvalue weighted by atomic mass is 32.2. The first kappa shape index (κ1) is 25.9. The van der Waals surface area contributed by atoms with Crippen LogP contribution in [0.3, 0.4) is 0 Å². The van der Waals surface area contributed by atoms with Crippen LogP contribution in [-0.2, 0) is 10.1 Å². The first-order valence-corrected chi connectivity index (χ1v) is 12.6. The van der Waals surface area contributed by atoms with Crippen molar-refractivity contribution in [3.8, 4) is 0 Å². The maximum absolute atomic E-state index is 11.5. The molecule has 0 spiro atoms. The van der Waals surface area contributed by atoms with Crippen molar-refractivity contribution in [3.05, 3.63) is 0 Å². The van der Waals surface area contributed by atoms with Gasteiger partial charge in [-0.2, -0.15) is 8.42 Å². The normalized spacial score (nSPS) is 14.5. The van der Waals surface area contributed by atoms with Gasteiger partial charge in [-0.15, -0.1) is 0 Å². The number of aliphatic hydroxyl groups excluding tert-OH is 1. The molecule has 0 aromatic rings. The van der Waals surface area contributed by atoms with Crippen LogP contribution in [0.25, 0.3) is 0 Å². The number of hydrogen-bond acceptors (Lipinski definition) is 3. The lowest BCUT2D eigenvalue weighted by Gasteiger charge is -2.15. The molecule has 158 valence electrons. The van der Waals surface area contributed by atoms with Gasteiger partial charge in [0.05, 0.1) is 11.4 Å². The number of aliphatic hydroxyl groups is 1. The second-order valence-corrected chi connectivity index (χ2v) is 9.53. The molecule has 0 radical (unpaired) electrons. The Balaban J connectivity index is 3.76. The highest BCUT2D eigenvalue weighted by molar-refractivity contribution is 7.86. The van der Waals surface area contributed by atoms with E-state index in [0.29, 0.717) is 25.7 Å². The zero-order valence-corrected chi connectivity index (χ0v) is 18.1. The van der Waals surface area contributed by atoms with Crippen LogP contribution < -0.4 is 0 Å². The van der Waals surface area contributed by atoms with Crippen LogP contribution in [0.5, 0.6) is 0 Å². The summed E-state index contributed by atoms with van der Waals surface area (Å²) in [5, 5.41) is 9.41. The molecule has 0 rings (SSSR count). The Kier molecular flexibility index (Phi) is 16.9. The van der Waals surface area contributed by atoms with E-state index in [0.717, 1.165) is 38.5 Å². The summed E-state index contributed by atoms with van der Waals surface area (Å²) in [5.74, 6) is 0. The molecule has 2 N–H and O–H groups in total. The van der Waals surface area contributed by atoms with Gasteiger partial charge in [0.25, 0.3) is 10.1 Å². The van der Waals surface area contributed by atoms with E-state index in [4.69, 9.17) is 0 Å². The molecule has 0 aliphatic heterocycles. The zero-order valence-electron chi connectivity index (χ0n) is 17.3. The highest BCUT2D eigenvalue weighted by Crippen LogP contribution is 2.19. The van der Waals surface area contributed by atoms with Gasteiger partial charge in [0.15, 0.2) is 0 Å². The SMILES string of the molecule is CCCCCCCCCCC(O)CCCC(CCCCCC)S(=O)(=O)O. The smallest absolute Gasteiger partial charge is 0.267 e. The van der Waals surface area contributed by atoms with E-state index in [1.165, 1.54) is 44.9 Å². The quantitative estimate of drug-likeness (QED) is 0.200. The van der Waals surface area contributed by atoms with Crippen molar-refractivity contribution in [2.75, 3.05) is 0 Å². The Hall–Kier alpha value is -0.130. The predicted molar refractivity (Wildman–Crippen MR) is 111 cm³/mol. The fraction of sp³-hybridized carbons (Fsp3) is 1.00. The molecule has 0 saturated carbocycles. The van der Waals surface area contributed by atoms with Crippen molar-refractivity contribution in [1.82, 2.24) is 0 Å². The van der Waals surface area contributed by atoms with E-state index in [-0.39, 0.29) is 6.10 Å². The number of unbranched alkanes of at least 4 members (excludes halogenated alkanes) is 10. The molecule has 0 saturated heterocycles. The maximum Gasteiger partial charge on any atom is 0.267 e. The minimum atomic E-state index is -3.97. The van der Waals surface area contributed by atoms with Crippen molar-refractivity contribution >= 4 is 10.1 Å². The van der Waals surface area contributed by atoms with Gasteiger partial charge in [-0.25, -0.2) is 0 Å². The van der Waals surface area contributed by atoms with Gasteiger partial charge < -0.3 is 5.11 Å². The summed E-state index contributed by atoms with van der Waals surface area (Å²) < 4.78 is 32.4. The first-order chi connectivity index (χ1) is 12.4. The van der Waals surface area contributed by atoms with E-state index in [2.05, 4.69) is 13.8 Å². The summed E-state index contributed by atoms with van der Waals surface area (Å²) in [4.78, 5) is 0. The van der Waals surface area contributed by atoms with Crippen LogP contribution in [0, 0.1) is 0 Å². The molecular formula is C21H44O4S. The molecule has 0 aliphatic rings. The lowest BCUT2D eigenvalue weighted by Crippen LogP contribution is -2.21. The summed E-state index contributed by atoms with van der Waals surface area (Å²) in [5.41, 5.74) is 0.